The summed E-state index contributed by atoms with van der Waals surface area (Å²) in [5, 5.41) is 37.4. The van der Waals surface area contributed by atoms with E-state index in [-0.39, 0.29) is 6.29 Å². The third kappa shape index (κ3) is 1.88. The van der Waals surface area contributed by atoms with Gasteiger partial charge in [0.15, 0.2) is 6.29 Å². The lowest BCUT2D eigenvalue weighted by atomic mass is 9.75. The molecule has 0 fully saturated rings. The van der Waals surface area contributed by atoms with E-state index in [2.05, 4.69) is 0 Å². The van der Waals surface area contributed by atoms with Crippen molar-refractivity contribution < 1.29 is 25.2 Å². The van der Waals surface area contributed by atoms with Crippen molar-refractivity contribution in [1.82, 2.24) is 0 Å². The first-order chi connectivity index (χ1) is 5.62. The molecule has 0 unspecified atom stereocenters. The van der Waals surface area contributed by atoms with Gasteiger partial charge in [-0.1, -0.05) is 0 Å². The van der Waals surface area contributed by atoms with Crippen LogP contribution in [0.2, 0.25) is 0 Å². The van der Waals surface area contributed by atoms with Gasteiger partial charge in [0.1, 0.15) is 16.8 Å². The van der Waals surface area contributed by atoms with Crippen LogP contribution in [0.5, 0.6) is 0 Å². The molecule has 0 spiro atoms. The van der Waals surface area contributed by atoms with Crippen molar-refractivity contribution in [1.29, 1.82) is 0 Å². The van der Waals surface area contributed by atoms with E-state index in [0.717, 1.165) is 20.8 Å². The first-order valence-corrected chi connectivity index (χ1v) is 3.86. The van der Waals surface area contributed by atoms with Crippen molar-refractivity contribution in [3.63, 3.8) is 0 Å². The summed E-state index contributed by atoms with van der Waals surface area (Å²) in [6, 6.07) is 0. The molecule has 0 amide bonds. The van der Waals surface area contributed by atoms with Crippen molar-refractivity contribution in [3.05, 3.63) is 0 Å². The Morgan fingerprint density at radius 2 is 1.54 bits per heavy atom. The molecule has 78 valence electrons. The molecule has 3 atom stereocenters. The Kier molecular flexibility index (Phi) is 3.21. The van der Waals surface area contributed by atoms with E-state index in [4.69, 9.17) is 5.11 Å². The maximum Gasteiger partial charge on any atom is 0.154 e. The van der Waals surface area contributed by atoms with Crippen LogP contribution in [-0.4, -0.2) is 50.1 Å². The second-order valence-corrected chi connectivity index (χ2v) is 3.77. The number of rotatable bonds is 4. The highest BCUT2D eigenvalue weighted by atomic mass is 16.4. The average molecular weight is 192 g/mol. The van der Waals surface area contributed by atoms with Crippen molar-refractivity contribution in [2.24, 2.45) is 0 Å². The van der Waals surface area contributed by atoms with E-state index in [1.807, 2.05) is 0 Å². The molecule has 0 heterocycles. The number of aliphatic hydroxyl groups excluding tert-OH is 1. The Labute approximate surface area is 76.6 Å². The first-order valence-electron chi connectivity index (χ1n) is 3.86. The summed E-state index contributed by atoms with van der Waals surface area (Å²) in [5.41, 5.74) is -6.17. The largest absolute Gasteiger partial charge is 0.393 e. The predicted molar refractivity (Wildman–Crippen MR) is 45.0 cm³/mol. The van der Waals surface area contributed by atoms with Crippen LogP contribution in [-0.2, 0) is 4.79 Å². The van der Waals surface area contributed by atoms with E-state index in [1.165, 1.54) is 0 Å². The molecule has 5 heteroatoms. The van der Waals surface area contributed by atoms with Crippen molar-refractivity contribution in [2.75, 3.05) is 6.61 Å². The minimum absolute atomic E-state index is 0.122. The van der Waals surface area contributed by atoms with Crippen LogP contribution in [0, 0.1) is 0 Å². The van der Waals surface area contributed by atoms with Crippen LogP contribution < -0.4 is 0 Å². The highest BCUT2D eigenvalue weighted by molar-refractivity contribution is 5.64. The van der Waals surface area contributed by atoms with Gasteiger partial charge in [-0.3, -0.25) is 0 Å². The van der Waals surface area contributed by atoms with Crippen LogP contribution in [0.3, 0.4) is 0 Å². The molecule has 0 aliphatic carbocycles. The van der Waals surface area contributed by atoms with Crippen LogP contribution in [0.4, 0.5) is 0 Å². The zero-order valence-electron chi connectivity index (χ0n) is 7.98. The van der Waals surface area contributed by atoms with E-state index < -0.39 is 23.4 Å². The SMILES string of the molecule is C[C@@](O)([C@@](C)(O)C=O)[C@@](C)(O)CO. The van der Waals surface area contributed by atoms with Crippen LogP contribution in [0.15, 0.2) is 0 Å². The molecular formula is C8H16O5. The Hall–Kier alpha value is -0.490. The zero-order chi connectivity index (χ0) is 10.9. The van der Waals surface area contributed by atoms with Gasteiger partial charge in [0, 0.05) is 0 Å². The second kappa shape index (κ2) is 3.34. The summed E-state index contributed by atoms with van der Waals surface area (Å²) < 4.78 is 0. The third-order valence-corrected chi connectivity index (χ3v) is 2.57. The quantitative estimate of drug-likeness (QED) is 0.403. The lowest BCUT2D eigenvalue weighted by Crippen LogP contribution is -2.66. The molecule has 0 aromatic heterocycles. The summed E-state index contributed by atoms with van der Waals surface area (Å²) in [5.74, 6) is 0. The number of aliphatic hydroxyl groups is 4. The fourth-order valence-corrected chi connectivity index (χ4v) is 0.814. The molecule has 0 aromatic rings. The van der Waals surface area contributed by atoms with E-state index in [1.54, 1.807) is 0 Å². The van der Waals surface area contributed by atoms with Crippen molar-refractivity contribution in [3.8, 4) is 0 Å². The molecule has 0 radical (unpaired) electrons. The normalized spacial score (nSPS) is 25.5. The molecule has 4 N–H and O–H groups in total. The van der Waals surface area contributed by atoms with Crippen molar-refractivity contribution in [2.45, 2.75) is 37.6 Å². The summed E-state index contributed by atoms with van der Waals surface area (Å²) in [4.78, 5) is 10.4. The average Bonchev–Trinajstić information content (AvgIpc) is 2.03. The molecule has 0 aliphatic rings. The third-order valence-electron chi connectivity index (χ3n) is 2.57. The number of carbonyl (C=O) groups excluding carboxylic acids is 1. The van der Waals surface area contributed by atoms with Gasteiger partial charge in [-0.25, -0.2) is 0 Å². The Morgan fingerprint density at radius 1 is 1.15 bits per heavy atom. The van der Waals surface area contributed by atoms with Gasteiger partial charge in [-0.2, -0.15) is 0 Å². The number of hydrogen-bond donors (Lipinski definition) is 4. The van der Waals surface area contributed by atoms with Crippen LogP contribution in [0.25, 0.3) is 0 Å². The maximum absolute atomic E-state index is 10.4. The van der Waals surface area contributed by atoms with Gasteiger partial charge in [0.2, 0.25) is 0 Å². The number of carbonyl (C=O) groups is 1. The Morgan fingerprint density at radius 3 is 1.77 bits per heavy atom. The van der Waals surface area contributed by atoms with E-state index >= 15 is 0 Å². The second-order valence-electron chi connectivity index (χ2n) is 3.77. The molecule has 0 rings (SSSR count). The zero-order valence-corrected chi connectivity index (χ0v) is 7.98. The number of hydrogen-bond acceptors (Lipinski definition) is 5. The minimum atomic E-state index is -2.11. The van der Waals surface area contributed by atoms with Gasteiger partial charge in [0.25, 0.3) is 0 Å². The highest BCUT2D eigenvalue weighted by Crippen LogP contribution is 2.31. The Bertz CT molecular complexity index is 195. The van der Waals surface area contributed by atoms with Crippen molar-refractivity contribution >= 4 is 6.29 Å². The highest BCUT2D eigenvalue weighted by Gasteiger charge is 2.54. The van der Waals surface area contributed by atoms with E-state index in [9.17, 15) is 20.1 Å². The molecule has 0 bridgehead atoms. The smallest absolute Gasteiger partial charge is 0.154 e. The molecule has 5 nitrogen and oxygen atoms in total. The molecular weight excluding hydrogens is 176 g/mol. The minimum Gasteiger partial charge on any atom is -0.393 e. The predicted octanol–water partition coefficient (Wildman–Crippen LogP) is -1.57. The summed E-state index contributed by atoms with van der Waals surface area (Å²) >= 11 is 0. The fraction of sp³-hybridized carbons (Fsp3) is 0.875. The maximum atomic E-state index is 10.4. The van der Waals surface area contributed by atoms with Crippen LogP contribution >= 0.6 is 0 Å². The monoisotopic (exact) mass is 192 g/mol. The first kappa shape index (κ1) is 12.5. The lowest BCUT2D eigenvalue weighted by molar-refractivity contribution is -0.225. The molecule has 0 aromatic carbocycles. The number of aldehydes is 1. The summed E-state index contributed by atoms with van der Waals surface area (Å²) in [7, 11) is 0. The van der Waals surface area contributed by atoms with E-state index in [0.29, 0.717) is 0 Å². The van der Waals surface area contributed by atoms with Gasteiger partial charge in [-0.15, -0.1) is 0 Å². The summed E-state index contributed by atoms with van der Waals surface area (Å²) in [6.45, 7) is 2.51. The molecule has 0 saturated heterocycles. The Balaban J connectivity index is 5.06. The van der Waals surface area contributed by atoms with Gasteiger partial charge in [-0.05, 0) is 20.8 Å². The molecule has 13 heavy (non-hydrogen) atoms. The lowest BCUT2D eigenvalue weighted by Gasteiger charge is -2.43. The summed E-state index contributed by atoms with van der Waals surface area (Å²) in [6.07, 6.45) is 0.122. The molecule has 0 saturated carbocycles. The van der Waals surface area contributed by atoms with Gasteiger partial charge < -0.3 is 25.2 Å². The standard InChI is InChI=1S/C8H16O5/c1-6(11,4-9)8(3,13)7(2,12)5-10/h4,10-13H,5H2,1-3H3/t6-,7-,8+/m0/s1. The topological polar surface area (TPSA) is 98.0 Å². The fourth-order valence-electron chi connectivity index (χ4n) is 0.814. The van der Waals surface area contributed by atoms with Gasteiger partial charge >= 0.3 is 0 Å². The molecule has 0 aliphatic heterocycles. The van der Waals surface area contributed by atoms with Crippen LogP contribution in [0.1, 0.15) is 20.8 Å². The van der Waals surface area contributed by atoms with Gasteiger partial charge in [0.05, 0.1) is 6.61 Å².